The van der Waals surface area contributed by atoms with Crippen molar-refractivity contribution in [2.45, 2.75) is 14.7 Å². The number of fused-ring (bicyclic) bond motifs is 2. The minimum absolute atomic E-state index is 0.462. The van der Waals surface area contributed by atoms with Gasteiger partial charge in [-0.3, -0.25) is 0 Å². The average Bonchev–Trinajstić information content (AvgIpc) is 2.64. The summed E-state index contributed by atoms with van der Waals surface area (Å²) in [5, 5.41) is 3.12. The van der Waals surface area contributed by atoms with E-state index in [0.717, 1.165) is 0 Å². The summed E-state index contributed by atoms with van der Waals surface area (Å²) in [5.74, 6) is -9.62. The molecular formula is C18H9F5NS+. The summed E-state index contributed by atoms with van der Waals surface area (Å²) in [6, 6.07) is 13.4. The lowest BCUT2D eigenvalue weighted by atomic mass is 10.2. The fraction of sp³-hybridized carbons (Fsp3) is 0. The summed E-state index contributed by atoms with van der Waals surface area (Å²) in [6.45, 7) is 0. The van der Waals surface area contributed by atoms with E-state index in [1.165, 1.54) is 0 Å². The molecule has 0 radical (unpaired) electrons. The van der Waals surface area contributed by atoms with Gasteiger partial charge < -0.3 is 5.32 Å². The molecule has 126 valence electrons. The van der Waals surface area contributed by atoms with Crippen molar-refractivity contribution in [2.75, 3.05) is 5.32 Å². The van der Waals surface area contributed by atoms with Gasteiger partial charge in [0, 0.05) is 0 Å². The largest absolute Gasteiger partial charge is 0.347 e. The lowest BCUT2D eigenvalue weighted by Gasteiger charge is -2.21. The monoisotopic (exact) mass is 366 g/mol. The van der Waals surface area contributed by atoms with Crippen LogP contribution in [0.5, 0.6) is 0 Å². The fourth-order valence-corrected chi connectivity index (χ4v) is 5.06. The molecule has 0 spiro atoms. The topological polar surface area (TPSA) is 12.0 Å². The second-order valence-electron chi connectivity index (χ2n) is 5.32. The van der Waals surface area contributed by atoms with Crippen LogP contribution in [0, 0.1) is 29.1 Å². The van der Waals surface area contributed by atoms with Crippen molar-refractivity contribution >= 4 is 22.3 Å². The molecule has 3 aromatic carbocycles. The van der Waals surface area contributed by atoms with Crippen molar-refractivity contribution < 1.29 is 22.0 Å². The average molecular weight is 366 g/mol. The Morgan fingerprint density at radius 2 is 0.960 bits per heavy atom. The van der Waals surface area contributed by atoms with E-state index in [-0.39, 0.29) is 0 Å². The molecule has 0 fully saturated rings. The summed E-state index contributed by atoms with van der Waals surface area (Å²) in [5.41, 5.74) is 1.13. The maximum Gasteiger partial charge on any atom is 0.244 e. The molecule has 1 nitrogen and oxygen atoms in total. The molecule has 1 aliphatic rings. The number of para-hydroxylation sites is 2. The Morgan fingerprint density at radius 3 is 1.44 bits per heavy atom. The maximum atomic E-state index is 14.4. The van der Waals surface area contributed by atoms with Crippen LogP contribution in [0.3, 0.4) is 0 Å². The van der Waals surface area contributed by atoms with E-state index >= 15 is 0 Å². The van der Waals surface area contributed by atoms with Crippen LogP contribution in [0.25, 0.3) is 0 Å². The molecule has 3 aromatic rings. The summed E-state index contributed by atoms with van der Waals surface area (Å²) < 4.78 is 69.8. The van der Waals surface area contributed by atoms with Gasteiger partial charge in [-0.25, -0.2) is 13.2 Å². The van der Waals surface area contributed by atoms with Gasteiger partial charge >= 0.3 is 0 Å². The minimum atomic E-state index is -2.15. The van der Waals surface area contributed by atoms with Gasteiger partial charge in [-0.1, -0.05) is 24.3 Å². The van der Waals surface area contributed by atoms with Crippen LogP contribution >= 0.6 is 0 Å². The number of nitrogens with one attached hydrogen (secondary N) is 1. The van der Waals surface area contributed by atoms with Crippen molar-refractivity contribution in [3.8, 4) is 0 Å². The van der Waals surface area contributed by atoms with Crippen LogP contribution in [0.1, 0.15) is 0 Å². The third-order valence-corrected chi connectivity index (χ3v) is 6.22. The summed E-state index contributed by atoms with van der Waals surface area (Å²) in [7, 11) is -1.47. The molecule has 0 saturated carbocycles. The molecular weight excluding hydrogens is 357 g/mol. The van der Waals surface area contributed by atoms with Gasteiger partial charge in [0.2, 0.25) is 34.0 Å². The second-order valence-corrected chi connectivity index (χ2v) is 7.22. The van der Waals surface area contributed by atoms with Crippen molar-refractivity contribution in [3.63, 3.8) is 0 Å². The molecule has 25 heavy (non-hydrogen) atoms. The quantitative estimate of drug-likeness (QED) is 0.202. The van der Waals surface area contributed by atoms with Crippen LogP contribution in [0.2, 0.25) is 0 Å². The van der Waals surface area contributed by atoms with Crippen LogP contribution in [0.4, 0.5) is 33.3 Å². The molecule has 0 atom stereocenters. The highest BCUT2D eigenvalue weighted by Gasteiger charge is 2.45. The van der Waals surface area contributed by atoms with Crippen molar-refractivity contribution in [1.29, 1.82) is 0 Å². The normalized spacial score (nSPS) is 13.2. The predicted molar refractivity (Wildman–Crippen MR) is 84.6 cm³/mol. The zero-order valence-corrected chi connectivity index (χ0v) is 13.2. The van der Waals surface area contributed by atoms with Crippen LogP contribution in [-0.4, -0.2) is 0 Å². The summed E-state index contributed by atoms with van der Waals surface area (Å²) in [4.78, 5) is 0.103. The third kappa shape index (κ3) is 2.30. The van der Waals surface area contributed by atoms with Gasteiger partial charge in [-0.15, -0.1) is 0 Å². The molecule has 1 heterocycles. The van der Waals surface area contributed by atoms with E-state index in [9.17, 15) is 22.0 Å². The van der Waals surface area contributed by atoms with Gasteiger partial charge in [-0.05, 0) is 24.3 Å². The molecule has 7 heteroatoms. The molecule has 1 aliphatic heterocycles. The SMILES string of the molecule is Fc1c(F)c(F)c([S+]2c3ccccc3Nc3ccccc32)c(F)c1F. The molecule has 0 unspecified atom stereocenters. The number of halogens is 5. The van der Waals surface area contributed by atoms with Crippen LogP contribution in [-0.2, 0) is 10.9 Å². The molecule has 0 aromatic heterocycles. The van der Waals surface area contributed by atoms with Gasteiger partial charge in [0.25, 0.3) is 0 Å². The zero-order chi connectivity index (χ0) is 17.7. The highest BCUT2D eigenvalue weighted by Crippen LogP contribution is 2.46. The fourth-order valence-electron chi connectivity index (χ4n) is 2.74. The Kier molecular flexibility index (Phi) is 3.68. The molecule has 0 aliphatic carbocycles. The van der Waals surface area contributed by atoms with Gasteiger partial charge in [0.15, 0.2) is 9.79 Å². The van der Waals surface area contributed by atoms with Crippen LogP contribution in [0.15, 0.2) is 63.2 Å². The molecule has 1 N–H and O–H groups in total. The number of benzene rings is 3. The van der Waals surface area contributed by atoms with E-state index in [2.05, 4.69) is 5.32 Å². The van der Waals surface area contributed by atoms with Crippen LogP contribution < -0.4 is 5.32 Å². The smallest absolute Gasteiger partial charge is 0.244 e. The molecule has 0 saturated heterocycles. The van der Waals surface area contributed by atoms with E-state index < -0.39 is 44.9 Å². The summed E-state index contributed by atoms with van der Waals surface area (Å²) >= 11 is 0. The lowest BCUT2D eigenvalue weighted by Crippen LogP contribution is -2.19. The first-order valence-electron chi connectivity index (χ1n) is 7.21. The third-order valence-electron chi connectivity index (χ3n) is 3.86. The Morgan fingerprint density at radius 1 is 0.560 bits per heavy atom. The van der Waals surface area contributed by atoms with Crippen molar-refractivity contribution in [1.82, 2.24) is 0 Å². The molecule has 4 rings (SSSR count). The lowest BCUT2D eigenvalue weighted by molar-refractivity contribution is 0.360. The number of anilines is 2. The van der Waals surface area contributed by atoms with Gasteiger partial charge in [-0.2, -0.15) is 8.78 Å². The summed E-state index contributed by atoms with van der Waals surface area (Å²) in [6.07, 6.45) is 0. The highest BCUT2D eigenvalue weighted by atomic mass is 32.2. The van der Waals surface area contributed by atoms with E-state index in [1.54, 1.807) is 48.5 Å². The van der Waals surface area contributed by atoms with Gasteiger partial charge in [0.1, 0.15) is 10.9 Å². The Balaban J connectivity index is 2.08. The molecule has 0 amide bonds. The van der Waals surface area contributed by atoms with E-state index in [0.29, 0.717) is 21.2 Å². The Labute approximate surface area is 142 Å². The Bertz CT molecular complexity index is 930. The number of hydrogen-bond acceptors (Lipinski definition) is 1. The molecule has 0 bridgehead atoms. The van der Waals surface area contributed by atoms with Crippen molar-refractivity contribution in [3.05, 3.63) is 77.6 Å². The first-order valence-corrected chi connectivity index (χ1v) is 8.44. The highest BCUT2D eigenvalue weighted by molar-refractivity contribution is 7.97. The first kappa shape index (κ1) is 16.0. The standard InChI is InChI=1S/C18H9F5NS/c19-13-14(20)16(22)18(17(23)15(13)21)25-11-7-3-1-5-9(11)24-10-6-2-4-8-12(10)25/h1-8,24H/q+1. The first-order chi connectivity index (χ1) is 12.0. The van der Waals surface area contributed by atoms with E-state index in [1.807, 2.05) is 0 Å². The van der Waals surface area contributed by atoms with Gasteiger partial charge in [0.05, 0.1) is 11.4 Å². The maximum absolute atomic E-state index is 14.4. The second kappa shape index (κ2) is 5.77. The minimum Gasteiger partial charge on any atom is -0.347 e. The number of hydrogen-bond donors (Lipinski definition) is 1. The Hall–Kier alpha value is -2.54. The van der Waals surface area contributed by atoms with E-state index in [4.69, 9.17) is 0 Å². The predicted octanol–water partition coefficient (Wildman–Crippen LogP) is 5.53. The van der Waals surface area contributed by atoms with Crippen molar-refractivity contribution in [2.24, 2.45) is 0 Å². The zero-order valence-electron chi connectivity index (χ0n) is 12.4. The number of rotatable bonds is 1.